The van der Waals surface area contributed by atoms with Gasteiger partial charge in [0.1, 0.15) is 71.4 Å². The third kappa shape index (κ3) is 7.63. The van der Waals surface area contributed by atoms with Crippen molar-refractivity contribution in [2.75, 3.05) is 35.7 Å². The summed E-state index contributed by atoms with van der Waals surface area (Å²) in [5.41, 5.74) is 5.23. The normalized spacial score (nSPS) is 23.5. The fraction of sp³-hybridized carbons (Fsp3) is 0.444. The van der Waals surface area contributed by atoms with Crippen LogP contribution in [0.25, 0.3) is 11.2 Å². The van der Waals surface area contributed by atoms with Crippen LogP contribution in [-0.2, 0) is 27.2 Å². The molecule has 54 heavy (non-hydrogen) atoms. The number of nitrogens with zero attached hydrogens (tertiary/aromatic N) is 5. The molecule has 25 nitrogen and oxygen atoms in total. The van der Waals surface area contributed by atoms with E-state index >= 15 is 0 Å². The van der Waals surface area contributed by atoms with Crippen LogP contribution < -0.4 is 27.2 Å². The number of fused-ring (bicyclic) bond motifs is 3. The number of aliphatic hydroxyl groups excluding tert-OH is 5. The zero-order valence-electron chi connectivity index (χ0n) is 27.9. The number of aryl methyl sites for hydroxylation is 1. The summed E-state index contributed by atoms with van der Waals surface area (Å²) in [5, 5.41) is 66.6. The Labute approximate surface area is 301 Å². The Bertz CT molecular complexity index is 2290. The molecule has 2 aliphatic rings. The summed E-state index contributed by atoms with van der Waals surface area (Å²) >= 11 is 0. The van der Waals surface area contributed by atoms with E-state index in [0.29, 0.717) is 11.1 Å². The van der Waals surface area contributed by atoms with Crippen LogP contribution in [0.4, 0.5) is 28.7 Å². The van der Waals surface area contributed by atoms with Crippen LogP contribution in [0.2, 0.25) is 0 Å². The van der Waals surface area contributed by atoms with Gasteiger partial charge in [-0.15, -0.1) is 0 Å². The fourth-order valence-corrected chi connectivity index (χ4v) is 7.86. The molecule has 2 aliphatic heterocycles. The minimum atomic E-state index is -5.57. The molecular formula is C27H35N9O16P2. The fourth-order valence-electron chi connectivity index (χ4n) is 5.76. The number of aliphatic hydroxyl groups is 5. The minimum absolute atomic E-state index is 0.0240. The summed E-state index contributed by atoms with van der Waals surface area (Å²) in [6.07, 6.45) is -10.1. The quantitative estimate of drug-likeness (QED) is 0.0511. The van der Waals surface area contributed by atoms with Crippen molar-refractivity contribution in [3.8, 4) is 5.75 Å². The summed E-state index contributed by atoms with van der Waals surface area (Å²) in [6.45, 7) is 0.396. The van der Waals surface area contributed by atoms with Gasteiger partial charge in [0.25, 0.3) is 5.56 Å². The monoisotopic (exact) mass is 803 g/mol. The number of aromatic nitrogens is 6. The van der Waals surface area contributed by atoms with Gasteiger partial charge >= 0.3 is 21.3 Å². The number of aromatic hydroxyl groups is 1. The number of aromatic amines is 2. The van der Waals surface area contributed by atoms with E-state index in [2.05, 4.69) is 34.1 Å². The summed E-state index contributed by atoms with van der Waals surface area (Å²) in [7, 11) is -11.1. The summed E-state index contributed by atoms with van der Waals surface area (Å²) in [4.78, 5) is 62.3. The van der Waals surface area contributed by atoms with Crippen molar-refractivity contribution in [2.45, 2.75) is 56.7 Å². The topological polar surface area (TPSA) is 384 Å². The zero-order chi connectivity index (χ0) is 39.4. The van der Waals surface area contributed by atoms with Crippen LogP contribution in [0, 0.1) is 13.8 Å². The number of benzene rings is 1. The van der Waals surface area contributed by atoms with Gasteiger partial charge in [-0.25, -0.2) is 28.9 Å². The SMILES string of the molecule is Cc1cc2c(c(O)c1C)Nc1c([nH]c(=O)[nH]c1=O)N2C[C@H](O)[C@H](O)[C@H](O)COP(=O)(O)OP(=O)(O)OC[C@H]1O[C@@H](n2cnc3c(N)ncnc32)[C@H](O)[C@@H]1O. The van der Waals surface area contributed by atoms with E-state index < -0.39 is 89.5 Å². The number of nitrogens with one attached hydrogen (secondary N) is 3. The van der Waals surface area contributed by atoms with E-state index in [-0.39, 0.29) is 45.6 Å². The van der Waals surface area contributed by atoms with Crippen molar-refractivity contribution in [3.05, 3.63) is 50.7 Å². The second-order valence-electron chi connectivity index (χ2n) is 12.3. The number of hydrogen-bond donors (Lipinski definition) is 12. The number of phosphoric ester groups is 2. The van der Waals surface area contributed by atoms with Crippen molar-refractivity contribution in [1.29, 1.82) is 0 Å². The van der Waals surface area contributed by atoms with Crippen LogP contribution in [0.3, 0.4) is 0 Å². The molecule has 3 aromatic heterocycles. The van der Waals surface area contributed by atoms with Crippen molar-refractivity contribution in [1.82, 2.24) is 29.5 Å². The first-order valence-corrected chi connectivity index (χ1v) is 18.7. The molecular weight excluding hydrogens is 768 g/mol. The summed E-state index contributed by atoms with van der Waals surface area (Å²) in [6, 6.07) is 1.56. The van der Waals surface area contributed by atoms with Crippen LogP contribution in [-0.4, -0.2) is 126 Å². The van der Waals surface area contributed by atoms with Crippen LogP contribution in [0.5, 0.6) is 5.75 Å². The lowest BCUT2D eigenvalue weighted by molar-refractivity contribution is -0.0719. The van der Waals surface area contributed by atoms with Gasteiger partial charge in [-0.3, -0.25) is 28.4 Å². The van der Waals surface area contributed by atoms with Gasteiger partial charge in [0, 0.05) is 0 Å². The predicted octanol–water partition coefficient (Wildman–Crippen LogP) is -2.04. The first-order chi connectivity index (χ1) is 25.3. The molecule has 0 amide bonds. The van der Waals surface area contributed by atoms with Gasteiger partial charge in [-0.05, 0) is 31.0 Å². The first-order valence-electron chi connectivity index (χ1n) is 15.7. The Morgan fingerprint density at radius 1 is 1.00 bits per heavy atom. The van der Waals surface area contributed by atoms with Crippen LogP contribution in [0.15, 0.2) is 28.3 Å². The molecule has 5 heterocycles. The first kappa shape index (κ1) is 39.4. The lowest BCUT2D eigenvalue weighted by atomic mass is 10.0. The number of nitrogens with two attached hydrogens (primary N) is 1. The highest BCUT2D eigenvalue weighted by atomic mass is 31.3. The van der Waals surface area contributed by atoms with Gasteiger partial charge in [-0.1, -0.05) is 0 Å². The molecule has 27 heteroatoms. The molecule has 0 bridgehead atoms. The number of rotatable bonds is 13. The molecule has 1 aromatic carbocycles. The molecule has 6 rings (SSSR count). The van der Waals surface area contributed by atoms with E-state index in [9.17, 15) is 59.1 Å². The van der Waals surface area contributed by atoms with Gasteiger partial charge in [-0.2, -0.15) is 4.31 Å². The Balaban J connectivity index is 1.06. The third-order valence-electron chi connectivity index (χ3n) is 8.70. The molecule has 13 N–H and O–H groups in total. The highest BCUT2D eigenvalue weighted by molar-refractivity contribution is 7.61. The number of ether oxygens (including phenoxy) is 1. The molecule has 2 unspecified atom stereocenters. The Hall–Kier alpha value is -4.33. The van der Waals surface area contributed by atoms with E-state index in [1.54, 1.807) is 19.9 Å². The molecule has 4 aromatic rings. The van der Waals surface area contributed by atoms with Crippen molar-refractivity contribution in [2.24, 2.45) is 0 Å². The lowest BCUT2D eigenvalue weighted by Crippen LogP contribution is -2.46. The number of H-pyrrole nitrogens is 2. The van der Waals surface area contributed by atoms with E-state index in [1.165, 1.54) is 15.8 Å². The predicted molar refractivity (Wildman–Crippen MR) is 182 cm³/mol. The molecule has 9 atom stereocenters. The molecule has 0 spiro atoms. The highest BCUT2D eigenvalue weighted by Crippen LogP contribution is 2.60. The smallest absolute Gasteiger partial charge is 0.481 e. The van der Waals surface area contributed by atoms with Gasteiger partial charge in [0.05, 0.1) is 31.8 Å². The largest absolute Gasteiger partial charge is 0.505 e. The van der Waals surface area contributed by atoms with Crippen LogP contribution in [0.1, 0.15) is 17.4 Å². The van der Waals surface area contributed by atoms with Crippen molar-refractivity contribution >= 4 is 55.5 Å². The standard InChI is InChI=1S/C27H35N9O16P2/c1-9-3-11-15(18(39)10(9)2)32-17-24(33-27(44)34-25(17)43)35(11)4-12(37)19(40)13(38)5-49-53(45,46)52-54(47,48)50-6-14-20(41)21(42)26(51-14)36-8-31-16-22(28)29-7-30-23(16)36/h3,7-8,12-14,19-21,26,32,37-42H,4-6H2,1-2H3,(H,45,46)(H,47,48)(H2,28,29,30)(H2,33,34,43,44)/t12-,13+,14+,19-,20+,21+,26+/m0/s1. The molecule has 0 radical (unpaired) electrons. The number of phenolic OH excluding ortho intramolecular Hbond substituents is 1. The summed E-state index contributed by atoms with van der Waals surface area (Å²) < 4.78 is 45.3. The van der Waals surface area contributed by atoms with Gasteiger partial charge in [0.15, 0.2) is 17.7 Å². The molecule has 0 saturated carbocycles. The Morgan fingerprint density at radius 2 is 1.70 bits per heavy atom. The zero-order valence-corrected chi connectivity index (χ0v) is 29.7. The number of β-amino-alcohol motifs (C(OH)–C–C–N with tert-alkyl or cyclic N) is 1. The molecule has 1 saturated heterocycles. The molecule has 0 aliphatic carbocycles. The third-order valence-corrected chi connectivity index (χ3v) is 11.3. The number of nitrogen functional groups attached to an aromatic ring is 1. The minimum Gasteiger partial charge on any atom is -0.505 e. The van der Waals surface area contributed by atoms with E-state index in [0.717, 1.165) is 6.33 Å². The summed E-state index contributed by atoms with van der Waals surface area (Å²) in [5.74, 6) is -0.397. The van der Waals surface area contributed by atoms with E-state index in [4.69, 9.17) is 15.0 Å². The molecule has 1 fully saturated rings. The number of anilines is 5. The average Bonchev–Trinajstić information content (AvgIpc) is 3.65. The van der Waals surface area contributed by atoms with E-state index in [1.807, 2.05) is 4.98 Å². The maximum atomic E-state index is 12.6. The number of imidazole rings is 1. The van der Waals surface area contributed by atoms with Gasteiger partial charge in [0.2, 0.25) is 0 Å². The average molecular weight is 804 g/mol. The maximum absolute atomic E-state index is 12.6. The van der Waals surface area contributed by atoms with Gasteiger partial charge < -0.3 is 61.1 Å². The maximum Gasteiger partial charge on any atom is 0.481 e. The number of hydrogen-bond acceptors (Lipinski definition) is 20. The lowest BCUT2D eigenvalue weighted by Gasteiger charge is -2.36. The Kier molecular flexibility index (Phi) is 10.7. The number of phosphoric acid groups is 2. The van der Waals surface area contributed by atoms with Crippen LogP contribution >= 0.6 is 15.6 Å². The second kappa shape index (κ2) is 14.7. The highest BCUT2D eigenvalue weighted by Gasteiger charge is 2.46. The second-order valence-corrected chi connectivity index (χ2v) is 15.3. The van der Waals surface area contributed by atoms with Crippen molar-refractivity contribution < 1.29 is 67.7 Å². The number of phenols is 1. The van der Waals surface area contributed by atoms with Crippen molar-refractivity contribution in [3.63, 3.8) is 0 Å². The molecule has 294 valence electrons. The Morgan fingerprint density at radius 3 is 2.43 bits per heavy atom.